The van der Waals surface area contributed by atoms with Crippen LogP contribution in [0.25, 0.3) is 0 Å². The maximum Gasteiger partial charge on any atom is 0.307 e. The molecule has 1 heterocycles. The molecule has 0 N–H and O–H groups in total. The van der Waals surface area contributed by atoms with Crippen LogP contribution in [0.5, 0.6) is 0 Å². The molecule has 4 nitrogen and oxygen atoms in total. The minimum Gasteiger partial charge on any atom is -0.306 e. The van der Waals surface area contributed by atoms with Gasteiger partial charge in [0.2, 0.25) is 0 Å². The summed E-state index contributed by atoms with van der Waals surface area (Å²) in [4.78, 5) is 11.0. The number of nitrogens with zero attached hydrogens (tertiary/aromatic N) is 1. The highest BCUT2D eigenvalue weighted by Gasteiger charge is 2.02. The molecule has 0 aliphatic carbocycles. The van der Waals surface area contributed by atoms with E-state index in [9.17, 15) is 13.2 Å². The predicted octanol–water partition coefficient (Wildman–Crippen LogP) is 0.345. The molecule has 1 aromatic rings. The Morgan fingerprint density at radius 2 is 2.23 bits per heavy atom. The lowest BCUT2D eigenvalue weighted by Crippen LogP contribution is -2.14. The third-order valence-corrected chi connectivity index (χ3v) is 3.28. The van der Waals surface area contributed by atoms with Gasteiger partial charge in [-0.3, -0.25) is 4.79 Å². The maximum absolute atomic E-state index is 11.0. The molecule has 74 valence electrons. The van der Waals surface area contributed by atoms with E-state index >= 15 is 0 Å². The van der Waals surface area contributed by atoms with Crippen molar-refractivity contribution in [3.63, 3.8) is 0 Å². The summed E-state index contributed by atoms with van der Waals surface area (Å²) in [6, 6.07) is 0. The van der Waals surface area contributed by atoms with Crippen molar-refractivity contribution in [2.75, 3.05) is 12.0 Å². The number of hydrogen-bond donors (Lipinski definition) is 0. The predicted molar refractivity (Wildman–Crippen MR) is 52.9 cm³/mol. The molecule has 0 atom stereocenters. The van der Waals surface area contributed by atoms with Gasteiger partial charge in [0.1, 0.15) is 9.84 Å². The summed E-state index contributed by atoms with van der Waals surface area (Å²) < 4.78 is 23.0. The first kappa shape index (κ1) is 10.5. The van der Waals surface area contributed by atoms with Gasteiger partial charge in [-0.25, -0.2) is 8.42 Å². The van der Waals surface area contributed by atoms with Crippen molar-refractivity contribution < 1.29 is 8.42 Å². The molecule has 6 heteroatoms. The number of aromatic nitrogens is 1. The molecule has 0 aliphatic rings. The van der Waals surface area contributed by atoms with Gasteiger partial charge < -0.3 is 4.57 Å². The van der Waals surface area contributed by atoms with Crippen LogP contribution in [0.1, 0.15) is 6.42 Å². The van der Waals surface area contributed by atoms with Crippen LogP contribution >= 0.6 is 11.3 Å². The molecule has 0 radical (unpaired) electrons. The maximum atomic E-state index is 11.0. The Kier molecular flexibility index (Phi) is 3.27. The summed E-state index contributed by atoms with van der Waals surface area (Å²) >= 11 is 1.12. The van der Waals surface area contributed by atoms with Gasteiger partial charge in [-0.05, 0) is 6.42 Å². The quantitative estimate of drug-likeness (QED) is 0.737. The Bertz CT molecular complexity index is 415. The third kappa shape index (κ3) is 3.73. The number of sulfone groups is 1. The monoisotopic (exact) mass is 221 g/mol. The van der Waals surface area contributed by atoms with Crippen molar-refractivity contribution >= 4 is 21.2 Å². The van der Waals surface area contributed by atoms with Gasteiger partial charge in [-0.15, -0.1) is 0 Å². The summed E-state index contributed by atoms with van der Waals surface area (Å²) in [5, 5.41) is 1.70. The lowest BCUT2D eigenvalue weighted by molar-refractivity contribution is 0.591. The number of rotatable bonds is 4. The summed E-state index contributed by atoms with van der Waals surface area (Å²) in [7, 11) is -2.90. The Morgan fingerprint density at radius 3 is 2.69 bits per heavy atom. The molecule has 0 aliphatic heterocycles. The first-order chi connectivity index (χ1) is 5.99. The Balaban J connectivity index is 2.46. The van der Waals surface area contributed by atoms with Crippen LogP contribution in [-0.4, -0.2) is 25.0 Å². The lowest BCUT2D eigenvalue weighted by atomic mass is 10.5. The molecule has 0 bridgehead atoms. The largest absolute Gasteiger partial charge is 0.307 e. The second-order valence-electron chi connectivity index (χ2n) is 2.85. The Labute approximate surface area is 80.7 Å². The van der Waals surface area contributed by atoms with E-state index in [2.05, 4.69) is 0 Å². The van der Waals surface area contributed by atoms with Crippen LogP contribution in [0, 0.1) is 0 Å². The van der Waals surface area contributed by atoms with E-state index in [-0.39, 0.29) is 10.6 Å². The van der Waals surface area contributed by atoms with Crippen molar-refractivity contribution in [2.24, 2.45) is 0 Å². The zero-order valence-electron chi connectivity index (χ0n) is 7.26. The summed E-state index contributed by atoms with van der Waals surface area (Å²) in [5.74, 6) is 0.134. The van der Waals surface area contributed by atoms with Gasteiger partial charge in [-0.1, -0.05) is 11.3 Å². The van der Waals surface area contributed by atoms with Crippen LogP contribution in [0.2, 0.25) is 0 Å². The van der Waals surface area contributed by atoms with Crippen LogP contribution in [0.4, 0.5) is 0 Å². The fourth-order valence-corrected chi connectivity index (χ4v) is 2.22. The van der Waals surface area contributed by atoms with Gasteiger partial charge in [-0.2, -0.15) is 0 Å². The van der Waals surface area contributed by atoms with Crippen molar-refractivity contribution in [3.05, 3.63) is 21.2 Å². The molecule has 13 heavy (non-hydrogen) atoms. The summed E-state index contributed by atoms with van der Waals surface area (Å²) in [5.41, 5.74) is 0. The van der Waals surface area contributed by atoms with E-state index in [1.807, 2.05) is 0 Å². The van der Waals surface area contributed by atoms with Crippen LogP contribution < -0.4 is 4.87 Å². The number of thiazole rings is 1. The van der Waals surface area contributed by atoms with Gasteiger partial charge in [0, 0.05) is 24.4 Å². The van der Waals surface area contributed by atoms with Gasteiger partial charge in [0.15, 0.2) is 0 Å². The zero-order chi connectivity index (χ0) is 9.90. The average Bonchev–Trinajstić information content (AvgIpc) is 2.34. The Morgan fingerprint density at radius 1 is 1.54 bits per heavy atom. The highest BCUT2D eigenvalue weighted by atomic mass is 32.2. The minimum absolute atomic E-state index is 0.0338. The van der Waals surface area contributed by atoms with Crippen molar-refractivity contribution in [1.82, 2.24) is 4.57 Å². The Hall–Kier alpha value is -0.620. The SMILES string of the molecule is CS(=O)(=O)CCCn1ccsc1=O. The second kappa shape index (κ2) is 4.06. The number of aryl methyl sites for hydroxylation is 1. The van der Waals surface area contributed by atoms with E-state index in [1.165, 1.54) is 10.8 Å². The number of hydrogen-bond acceptors (Lipinski definition) is 4. The normalized spacial score (nSPS) is 11.8. The van der Waals surface area contributed by atoms with E-state index in [1.54, 1.807) is 11.6 Å². The van der Waals surface area contributed by atoms with Crippen molar-refractivity contribution in [1.29, 1.82) is 0 Å². The molecule has 0 fully saturated rings. The highest BCUT2D eigenvalue weighted by molar-refractivity contribution is 7.90. The van der Waals surface area contributed by atoms with E-state index < -0.39 is 9.84 Å². The smallest absolute Gasteiger partial charge is 0.306 e. The summed E-state index contributed by atoms with van der Waals surface area (Å²) in [6.07, 6.45) is 3.37. The standard InChI is InChI=1S/C7H11NO3S2/c1-13(10,11)6-2-3-8-4-5-12-7(8)9/h4-5H,2-3,6H2,1H3. The van der Waals surface area contributed by atoms with Gasteiger partial charge in [0.05, 0.1) is 5.75 Å². The molecule has 0 saturated heterocycles. The summed E-state index contributed by atoms with van der Waals surface area (Å²) in [6.45, 7) is 0.482. The van der Waals surface area contributed by atoms with E-state index in [0.29, 0.717) is 13.0 Å². The fraction of sp³-hybridized carbons (Fsp3) is 0.571. The molecular formula is C7H11NO3S2. The minimum atomic E-state index is -2.90. The molecule has 0 unspecified atom stereocenters. The molecule has 0 spiro atoms. The molecule has 1 rings (SSSR count). The van der Waals surface area contributed by atoms with Crippen LogP contribution in [-0.2, 0) is 16.4 Å². The molecule has 0 amide bonds. The lowest BCUT2D eigenvalue weighted by Gasteiger charge is -1.99. The third-order valence-electron chi connectivity index (χ3n) is 1.56. The van der Waals surface area contributed by atoms with Gasteiger partial charge in [0.25, 0.3) is 0 Å². The van der Waals surface area contributed by atoms with Crippen molar-refractivity contribution in [3.8, 4) is 0 Å². The van der Waals surface area contributed by atoms with E-state index in [0.717, 1.165) is 11.3 Å². The van der Waals surface area contributed by atoms with Gasteiger partial charge >= 0.3 is 4.87 Å². The first-order valence-electron chi connectivity index (χ1n) is 3.81. The zero-order valence-corrected chi connectivity index (χ0v) is 8.90. The second-order valence-corrected chi connectivity index (χ2v) is 5.96. The molecule has 0 saturated carbocycles. The van der Waals surface area contributed by atoms with Crippen LogP contribution in [0.15, 0.2) is 16.4 Å². The van der Waals surface area contributed by atoms with Crippen molar-refractivity contribution in [2.45, 2.75) is 13.0 Å². The first-order valence-corrected chi connectivity index (χ1v) is 6.75. The molecule has 1 aromatic heterocycles. The molecule has 0 aromatic carbocycles. The average molecular weight is 221 g/mol. The van der Waals surface area contributed by atoms with E-state index in [4.69, 9.17) is 0 Å². The fourth-order valence-electron chi connectivity index (χ4n) is 0.954. The topological polar surface area (TPSA) is 56.1 Å². The molecular weight excluding hydrogens is 210 g/mol. The van der Waals surface area contributed by atoms with Crippen LogP contribution in [0.3, 0.4) is 0 Å². The highest BCUT2D eigenvalue weighted by Crippen LogP contribution is 1.94.